The quantitative estimate of drug-likeness (QED) is 0.459. The normalized spacial score (nSPS) is 12.7. The fourth-order valence-electron chi connectivity index (χ4n) is 3.44. The van der Waals surface area contributed by atoms with Crippen molar-refractivity contribution in [3.8, 4) is 0 Å². The number of ether oxygens (including phenoxy) is 2. The number of nitrogens with zero attached hydrogens (tertiary/aromatic N) is 3. The summed E-state index contributed by atoms with van der Waals surface area (Å²) in [6.07, 6.45) is 0. The summed E-state index contributed by atoms with van der Waals surface area (Å²) in [5.41, 5.74) is 3.71. The number of hydrogen-bond acceptors (Lipinski definition) is 6. The summed E-state index contributed by atoms with van der Waals surface area (Å²) in [6, 6.07) is 9.94. The number of amides is 1. The van der Waals surface area contributed by atoms with Crippen LogP contribution in [-0.2, 0) is 26.5 Å². The van der Waals surface area contributed by atoms with Crippen molar-refractivity contribution in [1.29, 1.82) is 0 Å². The lowest BCUT2D eigenvalue weighted by Gasteiger charge is -2.21. The highest BCUT2D eigenvalue weighted by Crippen LogP contribution is 2.23. The summed E-state index contributed by atoms with van der Waals surface area (Å²) in [5.74, 6) is -0.425. The molecule has 2 aromatic carbocycles. The zero-order valence-electron chi connectivity index (χ0n) is 19.5. The summed E-state index contributed by atoms with van der Waals surface area (Å²) in [5, 5.41) is 0. The standard InChI is InChI=1S/C23H29N3O5S2/c1-16-6-11-20-21(17(16)2)25(3)23(32-20)24-22(27)18-7-9-19(10-8-18)33(28,29)26(12-14-30-4)13-15-31-5/h6-11H,12-15H2,1-5H3. The van der Waals surface area contributed by atoms with Crippen LogP contribution >= 0.6 is 11.3 Å². The van der Waals surface area contributed by atoms with Gasteiger partial charge in [-0.3, -0.25) is 4.79 Å². The first-order chi connectivity index (χ1) is 15.7. The SMILES string of the molecule is COCCN(CCOC)S(=O)(=O)c1ccc(C(=O)N=c2sc3ccc(C)c(C)c3n2C)cc1. The van der Waals surface area contributed by atoms with Gasteiger partial charge in [-0.25, -0.2) is 8.42 Å². The van der Waals surface area contributed by atoms with Gasteiger partial charge in [0.2, 0.25) is 10.0 Å². The van der Waals surface area contributed by atoms with E-state index in [0.717, 1.165) is 15.8 Å². The molecule has 0 atom stereocenters. The van der Waals surface area contributed by atoms with Gasteiger partial charge in [-0.05, 0) is 55.3 Å². The molecule has 0 aliphatic carbocycles. The summed E-state index contributed by atoms with van der Waals surface area (Å²) >= 11 is 1.45. The van der Waals surface area contributed by atoms with E-state index >= 15 is 0 Å². The van der Waals surface area contributed by atoms with Crippen molar-refractivity contribution in [3.63, 3.8) is 0 Å². The molecule has 33 heavy (non-hydrogen) atoms. The van der Waals surface area contributed by atoms with E-state index in [9.17, 15) is 13.2 Å². The van der Waals surface area contributed by atoms with Gasteiger partial charge >= 0.3 is 0 Å². The number of aryl methyl sites for hydroxylation is 3. The molecule has 0 radical (unpaired) electrons. The first kappa shape index (κ1) is 25.3. The van der Waals surface area contributed by atoms with E-state index in [2.05, 4.69) is 24.9 Å². The van der Waals surface area contributed by atoms with Gasteiger partial charge in [-0.1, -0.05) is 17.4 Å². The molecule has 0 N–H and O–H groups in total. The molecule has 1 aromatic heterocycles. The van der Waals surface area contributed by atoms with E-state index in [1.165, 1.54) is 59.7 Å². The van der Waals surface area contributed by atoms with Crippen LogP contribution in [0, 0.1) is 13.8 Å². The molecule has 3 rings (SSSR count). The van der Waals surface area contributed by atoms with Crippen LogP contribution in [0.2, 0.25) is 0 Å². The van der Waals surface area contributed by atoms with Gasteiger partial charge in [-0.15, -0.1) is 0 Å². The second kappa shape index (κ2) is 10.7. The highest BCUT2D eigenvalue weighted by molar-refractivity contribution is 7.89. The van der Waals surface area contributed by atoms with Gasteiger partial charge in [0, 0.05) is 39.9 Å². The Morgan fingerprint density at radius 1 is 1.03 bits per heavy atom. The van der Waals surface area contributed by atoms with Crippen LogP contribution in [-0.4, -0.2) is 63.7 Å². The maximum Gasteiger partial charge on any atom is 0.279 e. The minimum atomic E-state index is -3.75. The number of fused-ring (bicyclic) bond motifs is 1. The summed E-state index contributed by atoms with van der Waals surface area (Å²) in [6.45, 7) is 5.06. The third-order valence-corrected chi connectivity index (χ3v) is 8.52. The number of sulfonamides is 1. The highest BCUT2D eigenvalue weighted by atomic mass is 32.2. The third-order valence-electron chi connectivity index (χ3n) is 5.51. The number of rotatable bonds is 9. The second-order valence-electron chi connectivity index (χ2n) is 7.63. The molecule has 8 nitrogen and oxygen atoms in total. The van der Waals surface area contributed by atoms with E-state index in [-0.39, 0.29) is 31.2 Å². The van der Waals surface area contributed by atoms with Crippen LogP contribution in [0.15, 0.2) is 46.3 Å². The van der Waals surface area contributed by atoms with E-state index in [0.29, 0.717) is 10.4 Å². The van der Waals surface area contributed by atoms with Crippen LogP contribution in [0.25, 0.3) is 10.2 Å². The maximum absolute atomic E-state index is 13.0. The topological polar surface area (TPSA) is 90.2 Å². The molecular weight excluding hydrogens is 462 g/mol. The van der Waals surface area contributed by atoms with Gasteiger partial charge in [-0.2, -0.15) is 9.30 Å². The Bertz CT molecular complexity index is 1300. The lowest BCUT2D eigenvalue weighted by atomic mass is 10.1. The second-order valence-corrected chi connectivity index (χ2v) is 10.6. The van der Waals surface area contributed by atoms with Crippen LogP contribution in [0.4, 0.5) is 0 Å². The van der Waals surface area contributed by atoms with Gasteiger partial charge in [0.25, 0.3) is 5.91 Å². The Kier molecular flexibility index (Phi) is 8.19. The van der Waals surface area contributed by atoms with Gasteiger partial charge in [0.15, 0.2) is 4.80 Å². The van der Waals surface area contributed by atoms with Crippen LogP contribution in [0.5, 0.6) is 0 Å². The number of hydrogen-bond donors (Lipinski definition) is 0. The van der Waals surface area contributed by atoms with E-state index < -0.39 is 15.9 Å². The molecule has 3 aromatic rings. The predicted molar refractivity (Wildman–Crippen MR) is 129 cm³/mol. The minimum absolute atomic E-state index is 0.102. The Morgan fingerprint density at radius 2 is 1.64 bits per heavy atom. The first-order valence-corrected chi connectivity index (χ1v) is 12.7. The van der Waals surface area contributed by atoms with Crippen molar-refractivity contribution in [3.05, 3.63) is 57.9 Å². The Hall–Kier alpha value is -2.37. The molecule has 0 aliphatic heterocycles. The fraction of sp³-hybridized carbons (Fsp3) is 0.391. The molecule has 0 saturated heterocycles. The van der Waals surface area contributed by atoms with E-state index in [1.54, 1.807) is 0 Å². The summed E-state index contributed by atoms with van der Waals surface area (Å²) < 4.78 is 40.4. The average Bonchev–Trinajstić information content (AvgIpc) is 3.12. The number of benzene rings is 2. The molecule has 1 amide bonds. The van der Waals surface area contributed by atoms with Crippen molar-refractivity contribution in [2.24, 2.45) is 12.0 Å². The zero-order valence-corrected chi connectivity index (χ0v) is 21.1. The van der Waals surface area contributed by atoms with Crippen molar-refractivity contribution >= 4 is 37.5 Å². The number of carbonyl (C=O) groups is 1. The maximum atomic E-state index is 13.0. The monoisotopic (exact) mass is 491 g/mol. The number of carbonyl (C=O) groups excluding carboxylic acids is 1. The number of thiazole rings is 1. The number of aromatic nitrogens is 1. The molecule has 0 saturated carbocycles. The lowest BCUT2D eigenvalue weighted by Crippen LogP contribution is -2.36. The molecule has 0 bridgehead atoms. The van der Waals surface area contributed by atoms with E-state index in [4.69, 9.17) is 9.47 Å². The number of methoxy groups -OCH3 is 2. The predicted octanol–water partition coefficient (Wildman–Crippen LogP) is 2.88. The van der Waals surface area contributed by atoms with Gasteiger partial charge in [0.05, 0.1) is 28.3 Å². The smallest absolute Gasteiger partial charge is 0.279 e. The highest BCUT2D eigenvalue weighted by Gasteiger charge is 2.24. The van der Waals surface area contributed by atoms with Gasteiger partial charge < -0.3 is 14.0 Å². The molecule has 0 fully saturated rings. The molecular formula is C23H29N3O5S2. The molecule has 178 valence electrons. The molecule has 0 aliphatic rings. The summed E-state index contributed by atoms with van der Waals surface area (Å²) in [7, 11) is 1.18. The summed E-state index contributed by atoms with van der Waals surface area (Å²) in [4.78, 5) is 17.8. The zero-order chi connectivity index (χ0) is 24.2. The molecule has 0 unspecified atom stereocenters. The van der Waals surface area contributed by atoms with Crippen LogP contribution in [0.1, 0.15) is 21.5 Å². The Labute approximate surface area is 198 Å². The van der Waals surface area contributed by atoms with Crippen molar-refractivity contribution < 1.29 is 22.7 Å². The van der Waals surface area contributed by atoms with Crippen molar-refractivity contribution in [2.75, 3.05) is 40.5 Å². The Morgan fingerprint density at radius 3 is 2.21 bits per heavy atom. The lowest BCUT2D eigenvalue weighted by molar-refractivity contribution is 0.0998. The average molecular weight is 492 g/mol. The van der Waals surface area contributed by atoms with Crippen molar-refractivity contribution in [2.45, 2.75) is 18.7 Å². The van der Waals surface area contributed by atoms with Crippen LogP contribution in [0.3, 0.4) is 0 Å². The van der Waals surface area contributed by atoms with Crippen LogP contribution < -0.4 is 4.80 Å². The van der Waals surface area contributed by atoms with E-state index in [1.807, 2.05) is 17.7 Å². The molecule has 1 heterocycles. The largest absolute Gasteiger partial charge is 0.383 e. The molecule has 0 spiro atoms. The fourth-order valence-corrected chi connectivity index (χ4v) is 5.93. The first-order valence-electron chi connectivity index (χ1n) is 10.4. The molecule has 10 heteroatoms. The Balaban J connectivity index is 1.89. The third kappa shape index (κ3) is 5.42. The minimum Gasteiger partial charge on any atom is -0.383 e. The van der Waals surface area contributed by atoms with Crippen molar-refractivity contribution in [1.82, 2.24) is 8.87 Å². The van der Waals surface area contributed by atoms with Gasteiger partial charge in [0.1, 0.15) is 0 Å².